The Morgan fingerprint density at radius 1 is 0.488 bits per heavy atom. The molecule has 0 N–H and O–H groups in total. The molecule has 10 saturated heterocycles. The normalized spacial score (nSPS) is 57.8. The van der Waals surface area contributed by atoms with Crippen molar-refractivity contribution < 1.29 is 24.8 Å². The van der Waals surface area contributed by atoms with E-state index in [1.807, 2.05) is 0 Å². The van der Waals surface area contributed by atoms with Gasteiger partial charge in [0.2, 0.25) is 0 Å². The van der Waals surface area contributed by atoms with E-state index in [2.05, 4.69) is 67.7 Å². The van der Waals surface area contributed by atoms with Gasteiger partial charge >= 0.3 is 216 Å². The van der Waals surface area contributed by atoms with Crippen molar-refractivity contribution in [2.45, 2.75) is 176 Å². The van der Waals surface area contributed by atoms with Gasteiger partial charge in [0.05, 0.1) is 0 Å². The molecule has 8 atom stereocenters. The molecule has 0 radical (unpaired) electrons. The van der Waals surface area contributed by atoms with Crippen molar-refractivity contribution in [1.82, 2.24) is 0 Å². The second kappa shape index (κ2) is 4.88. The summed E-state index contributed by atoms with van der Waals surface area (Å²) in [5, 5.41) is 0.639. The van der Waals surface area contributed by atoms with Crippen molar-refractivity contribution in [1.29, 1.82) is 0 Å². The summed E-state index contributed by atoms with van der Waals surface area (Å²) < 4.78 is 27.8. The fourth-order valence-corrected chi connectivity index (χ4v) is 100. The second-order valence-corrected chi connectivity index (χ2v) is 55.3. The van der Waals surface area contributed by atoms with Gasteiger partial charge in [0.25, 0.3) is 0 Å². The summed E-state index contributed by atoms with van der Waals surface area (Å²) in [6, 6.07) is 0. The molecule has 10 fully saturated rings. The van der Waals surface area contributed by atoms with E-state index in [9.17, 15) is 0 Å². The Hall–Kier alpha value is 0.793. The van der Waals surface area contributed by atoms with E-state index >= 15 is 0 Å². The number of fused-ring (bicyclic) bond motifs is 10. The Morgan fingerprint density at radius 3 is 1.07 bits per heavy atom. The summed E-state index contributed by atoms with van der Waals surface area (Å²) in [6.07, 6.45) is 10.1. The number of ether oxygens (including phenoxy) is 2. The molecular formula is C36H66FeO4Si2. The average Bonchev–Trinajstić information content (AvgIpc) is 3.85. The molecule has 0 aromatic carbocycles. The van der Waals surface area contributed by atoms with Gasteiger partial charge in [-0.2, -0.15) is 0 Å². The van der Waals surface area contributed by atoms with Crippen molar-refractivity contribution >= 4 is 16.6 Å². The Morgan fingerprint density at radius 2 is 0.791 bits per heavy atom. The first-order valence-electron chi connectivity index (χ1n) is 18.5. The first kappa shape index (κ1) is 28.8. The SMILES string of the molecule is CC(C)(C)[Si](C)(C)OCCCCCCOC[C]12[CH]3[CH]4[CH]5[CH]1[Fe]45321678[CH]2[CH]1[CH]6[C]7(COCCCCCCO[Si](C)(C)C(C)(C)C)[CH]28. The molecule has 43 heavy (non-hydrogen) atoms. The third kappa shape index (κ3) is 0.957. The number of unbranched alkanes of at least 4 members (excludes halogenated alkanes) is 6. The molecule has 0 saturated carbocycles. The van der Waals surface area contributed by atoms with Crippen LogP contribution in [-0.4, -0.2) is 56.3 Å². The molecule has 10 aliphatic heterocycles. The van der Waals surface area contributed by atoms with Gasteiger partial charge in [0, 0.05) is 0 Å². The van der Waals surface area contributed by atoms with E-state index < -0.39 is 23.1 Å². The summed E-state index contributed by atoms with van der Waals surface area (Å²) >= 11 is 0. The first-order chi connectivity index (χ1) is 19.8. The Bertz CT molecular complexity index is 1470. The zero-order valence-corrected chi connectivity index (χ0v) is 32.6. The van der Waals surface area contributed by atoms with Crippen molar-refractivity contribution in [2.75, 3.05) is 39.6 Å². The van der Waals surface area contributed by atoms with Gasteiger partial charge in [-0.05, 0) is 0 Å². The molecule has 0 aromatic rings. The van der Waals surface area contributed by atoms with E-state index in [4.69, 9.17) is 18.3 Å². The number of hydrogen-bond donors (Lipinski definition) is 0. The molecule has 1 spiro atoms. The third-order valence-electron chi connectivity index (χ3n) is 23.0. The van der Waals surface area contributed by atoms with Crippen molar-refractivity contribution in [2.24, 2.45) is 0 Å². The summed E-state index contributed by atoms with van der Waals surface area (Å²) in [7, 11) is -3.17. The Balaban J connectivity index is 0.666. The van der Waals surface area contributed by atoms with Gasteiger partial charge in [-0.15, -0.1) is 0 Å². The van der Waals surface area contributed by atoms with E-state index in [0.29, 0.717) is 10.1 Å². The van der Waals surface area contributed by atoms with Crippen molar-refractivity contribution in [3.05, 3.63) is 0 Å². The van der Waals surface area contributed by atoms with Crippen LogP contribution in [0.15, 0.2) is 0 Å². The molecule has 10 aliphatic rings. The summed E-state index contributed by atoms with van der Waals surface area (Å²) in [5.74, 6) is 0. The van der Waals surface area contributed by atoms with E-state index in [0.717, 1.165) is 35.1 Å². The van der Waals surface area contributed by atoms with Crippen LogP contribution in [0.2, 0.25) is 83.4 Å². The summed E-state index contributed by atoms with van der Waals surface area (Å²) in [4.78, 5) is 10.4. The molecule has 4 nitrogen and oxygen atoms in total. The predicted octanol–water partition coefficient (Wildman–Crippen LogP) is 11.3. The zero-order valence-electron chi connectivity index (χ0n) is 29.5. The minimum absolute atomic E-state index is 0.320. The van der Waals surface area contributed by atoms with Gasteiger partial charge in [0.15, 0.2) is 0 Å². The molecule has 10 heterocycles. The molecule has 8 unspecified atom stereocenters. The molecule has 0 aromatic heterocycles. The summed E-state index contributed by atoms with van der Waals surface area (Å²) in [5.41, 5.74) is 0. The van der Waals surface area contributed by atoms with Gasteiger partial charge in [-0.25, -0.2) is 0 Å². The predicted molar refractivity (Wildman–Crippen MR) is 180 cm³/mol. The quantitative estimate of drug-likeness (QED) is 0.0951. The first-order valence-corrected chi connectivity index (χ1v) is 30.5. The molecular weight excluding hydrogens is 608 g/mol. The monoisotopic (exact) mass is 674 g/mol. The standard InChI is InChI=1S/2C18H33O2Si.Fe/c2*1-18(2,3)21(4,5)20-15-11-7-6-10-14-19-16-17-12-8-9-13-17;/h2*8-9,12-13H,6-7,10-11,14-16H2,1-5H3;. The van der Waals surface area contributed by atoms with Gasteiger partial charge in [0.1, 0.15) is 0 Å². The van der Waals surface area contributed by atoms with Crippen LogP contribution >= 0.6 is 0 Å². The van der Waals surface area contributed by atoms with Crippen LogP contribution in [0.25, 0.3) is 0 Å². The van der Waals surface area contributed by atoms with Gasteiger partial charge < -0.3 is 0 Å². The van der Waals surface area contributed by atoms with Crippen molar-refractivity contribution in [3.8, 4) is 0 Å². The van der Waals surface area contributed by atoms with Crippen LogP contribution < -0.4 is 0 Å². The maximum atomic E-state index is 6.70. The Labute approximate surface area is 256 Å². The second-order valence-electron chi connectivity index (χ2n) is 22.2. The molecule has 0 bridgehead atoms. The van der Waals surface area contributed by atoms with E-state index in [1.165, 1.54) is 103 Å². The van der Waals surface area contributed by atoms with Gasteiger partial charge in [-0.1, -0.05) is 41.5 Å². The minimum atomic E-state index is -3.37. The summed E-state index contributed by atoms with van der Waals surface area (Å²) in [6.45, 7) is 26.5. The molecule has 0 amide bonds. The van der Waals surface area contributed by atoms with E-state index in [-0.39, 0.29) is 0 Å². The Kier molecular flexibility index (Phi) is 3.26. The molecule has 10 rings (SSSR count). The number of hydrogen-bond acceptors (Lipinski definition) is 4. The number of rotatable bonds is 20. The third-order valence-corrected chi connectivity index (χ3v) is 75.9. The van der Waals surface area contributed by atoms with Crippen LogP contribution in [-0.2, 0) is 24.8 Å². The maximum absolute atomic E-state index is 6.70. The molecule has 0 aliphatic carbocycles. The van der Waals surface area contributed by atoms with Crippen LogP contribution in [0.1, 0.15) is 92.9 Å². The topological polar surface area (TPSA) is 36.9 Å². The van der Waals surface area contributed by atoms with Crippen LogP contribution in [0.5, 0.6) is 0 Å². The fraction of sp³-hybridized carbons (Fsp3) is 1.00. The van der Waals surface area contributed by atoms with Crippen LogP contribution in [0.3, 0.4) is 0 Å². The van der Waals surface area contributed by atoms with E-state index in [1.54, 1.807) is 0 Å². The zero-order chi connectivity index (χ0) is 30.7. The van der Waals surface area contributed by atoms with Crippen molar-refractivity contribution in [3.63, 3.8) is 0 Å². The fourth-order valence-electron chi connectivity index (χ4n) is 21.1. The molecule has 7 heteroatoms. The van der Waals surface area contributed by atoms with Gasteiger partial charge in [-0.3, -0.25) is 0 Å². The molecule has 250 valence electrons. The van der Waals surface area contributed by atoms with Crippen LogP contribution in [0, 0.1) is 0 Å². The average molecular weight is 675 g/mol. The van der Waals surface area contributed by atoms with Crippen LogP contribution in [0.4, 0.5) is 0 Å².